The molecule has 7 heteroatoms. The average Bonchev–Trinajstić information content (AvgIpc) is 3.37. The third kappa shape index (κ3) is 2.62. The van der Waals surface area contributed by atoms with Gasteiger partial charge in [-0.05, 0) is 29.8 Å². The van der Waals surface area contributed by atoms with E-state index in [1.807, 2.05) is 34.7 Å². The molecule has 0 atom stereocenters. The van der Waals surface area contributed by atoms with E-state index in [1.165, 1.54) is 0 Å². The molecule has 146 valence electrons. The number of rotatable bonds is 3. The molecule has 0 N–H and O–H groups in total. The third-order valence-electron chi connectivity index (χ3n) is 5.45. The first-order valence-corrected chi connectivity index (χ1v) is 9.41. The van der Waals surface area contributed by atoms with Gasteiger partial charge < -0.3 is 9.64 Å². The predicted molar refractivity (Wildman–Crippen MR) is 112 cm³/mol. The van der Waals surface area contributed by atoms with Gasteiger partial charge in [0.15, 0.2) is 0 Å². The van der Waals surface area contributed by atoms with Crippen LogP contribution in [-0.2, 0) is 11.2 Å². The Labute approximate surface area is 172 Å². The highest BCUT2D eigenvalue weighted by Crippen LogP contribution is 2.38. The number of nitrogens with zero attached hydrogens (tertiary/aromatic N) is 5. The van der Waals surface area contributed by atoms with Crippen LogP contribution in [0, 0.1) is 11.3 Å². The number of aromatic nitrogens is 3. The molecule has 2 aromatic heterocycles. The van der Waals surface area contributed by atoms with Crippen molar-refractivity contribution in [2.75, 3.05) is 19.1 Å². The van der Waals surface area contributed by atoms with E-state index >= 15 is 0 Å². The van der Waals surface area contributed by atoms with Crippen molar-refractivity contribution >= 4 is 17.1 Å². The number of methoxy groups -OCH3 is 1. The van der Waals surface area contributed by atoms with Gasteiger partial charge in [-0.15, -0.1) is 0 Å². The summed E-state index contributed by atoms with van der Waals surface area (Å²) in [5.74, 6) is 0.543. The molecule has 0 aliphatic carbocycles. The summed E-state index contributed by atoms with van der Waals surface area (Å²) in [6.45, 7) is 0. The molecule has 1 amide bonds. The topological polar surface area (TPSA) is 83.5 Å². The number of anilines is 1. The van der Waals surface area contributed by atoms with E-state index in [0.29, 0.717) is 23.6 Å². The van der Waals surface area contributed by atoms with Crippen molar-refractivity contribution in [2.24, 2.45) is 0 Å². The van der Waals surface area contributed by atoms with Gasteiger partial charge in [0.2, 0.25) is 11.8 Å². The summed E-state index contributed by atoms with van der Waals surface area (Å²) >= 11 is 0. The Kier molecular flexibility index (Phi) is 4.00. The van der Waals surface area contributed by atoms with Crippen LogP contribution in [0.4, 0.5) is 5.69 Å². The zero-order valence-corrected chi connectivity index (χ0v) is 16.5. The number of imidazole rings is 1. The molecule has 4 aromatic rings. The van der Waals surface area contributed by atoms with Gasteiger partial charge in [0.05, 0.1) is 49.1 Å². The standard InChI is InChI=1S/C23H17N5O2/c1-27-18-8-7-16(9-17(18)10-20(27)29)22-21(15-5-3-14(11-24)4-6-15)26-23(30-2)19-12-25-13-28(19)22/h3-9,12-13H,10H2,1-2H3. The first-order chi connectivity index (χ1) is 14.6. The largest absolute Gasteiger partial charge is 0.479 e. The lowest BCUT2D eigenvalue weighted by Gasteiger charge is -2.16. The quantitative estimate of drug-likeness (QED) is 0.530. The van der Waals surface area contributed by atoms with Crippen molar-refractivity contribution < 1.29 is 9.53 Å². The van der Waals surface area contributed by atoms with E-state index in [4.69, 9.17) is 15.0 Å². The van der Waals surface area contributed by atoms with Crippen LogP contribution in [0.25, 0.3) is 28.0 Å². The highest BCUT2D eigenvalue weighted by atomic mass is 16.5. The van der Waals surface area contributed by atoms with E-state index in [0.717, 1.165) is 33.6 Å². The van der Waals surface area contributed by atoms with Crippen LogP contribution in [0.5, 0.6) is 5.88 Å². The first kappa shape index (κ1) is 17.9. The van der Waals surface area contributed by atoms with Gasteiger partial charge in [-0.25, -0.2) is 9.97 Å². The maximum atomic E-state index is 12.1. The van der Waals surface area contributed by atoms with Crippen LogP contribution in [0.15, 0.2) is 55.0 Å². The molecule has 1 aliphatic rings. The number of hydrogen-bond acceptors (Lipinski definition) is 5. The van der Waals surface area contributed by atoms with E-state index < -0.39 is 0 Å². The van der Waals surface area contributed by atoms with Crippen molar-refractivity contribution in [1.29, 1.82) is 5.26 Å². The maximum absolute atomic E-state index is 12.1. The number of likely N-dealkylation sites (N-methyl/N-ethyl adjacent to an activating group) is 1. The van der Waals surface area contributed by atoms with Crippen LogP contribution in [0.1, 0.15) is 11.1 Å². The number of carbonyl (C=O) groups is 1. The number of carbonyl (C=O) groups excluding carboxylic acids is 1. The second kappa shape index (κ2) is 6.71. The number of ether oxygens (including phenoxy) is 1. The van der Waals surface area contributed by atoms with Gasteiger partial charge in [0.25, 0.3) is 0 Å². The Morgan fingerprint density at radius 3 is 2.63 bits per heavy atom. The summed E-state index contributed by atoms with van der Waals surface area (Å²) in [6.07, 6.45) is 3.82. The van der Waals surface area contributed by atoms with Gasteiger partial charge in [0, 0.05) is 23.9 Å². The lowest BCUT2D eigenvalue weighted by Crippen LogP contribution is -2.20. The van der Waals surface area contributed by atoms with Crippen molar-refractivity contribution in [1.82, 2.24) is 14.4 Å². The second-order valence-corrected chi connectivity index (χ2v) is 7.13. The lowest BCUT2D eigenvalue weighted by atomic mass is 10.00. The molecule has 30 heavy (non-hydrogen) atoms. The highest BCUT2D eigenvalue weighted by molar-refractivity contribution is 6.01. The summed E-state index contributed by atoms with van der Waals surface area (Å²) in [4.78, 5) is 22.9. The Hall–Kier alpha value is -4.18. The number of hydrogen-bond donors (Lipinski definition) is 0. The zero-order chi connectivity index (χ0) is 20.8. The summed E-state index contributed by atoms with van der Waals surface area (Å²) in [5, 5.41) is 9.13. The summed E-state index contributed by atoms with van der Waals surface area (Å²) in [7, 11) is 3.37. The smallest absolute Gasteiger partial charge is 0.240 e. The minimum atomic E-state index is 0.0788. The van der Waals surface area contributed by atoms with Gasteiger partial charge in [-0.1, -0.05) is 18.2 Å². The van der Waals surface area contributed by atoms with Crippen LogP contribution in [0.2, 0.25) is 0 Å². The molecule has 5 rings (SSSR count). The SMILES string of the molecule is COc1nc(-c2ccc(C#N)cc2)c(-c2ccc3c(c2)CC(=O)N3C)n2cncc12. The molecule has 0 saturated heterocycles. The van der Waals surface area contributed by atoms with E-state index in [2.05, 4.69) is 11.1 Å². The molecule has 0 unspecified atom stereocenters. The summed E-state index contributed by atoms with van der Waals surface area (Å²) < 4.78 is 7.46. The minimum absolute atomic E-state index is 0.0788. The highest BCUT2D eigenvalue weighted by Gasteiger charge is 2.25. The molecule has 0 saturated carbocycles. The monoisotopic (exact) mass is 395 g/mol. The van der Waals surface area contributed by atoms with Crippen LogP contribution >= 0.6 is 0 Å². The molecule has 1 aliphatic heterocycles. The Bertz CT molecular complexity index is 1350. The Morgan fingerprint density at radius 2 is 1.90 bits per heavy atom. The van der Waals surface area contributed by atoms with E-state index in [-0.39, 0.29) is 5.91 Å². The molecule has 0 bridgehead atoms. The minimum Gasteiger partial charge on any atom is -0.479 e. The van der Waals surface area contributed by atoms with Crippen molar-refractivity contribution in [3.63, 3.8) is 0 Å². The maximum Gasteiger partial charge on any atom is 0.240 e. The fraction of sp³-hybridized carbons (Fsp3) is 0.130. The number of benzene rings is 2. The Balaban J connectivity index is 1.79. The molecule has 3 heterocycles. The van der Waals surface area contributed by atoms with Gasteiger partial charge >= 0.3 is 0 Å². The lowest BCUT2D eigenvalue weighted by molar-refractivity contribution is -0.117. The Morgan fingerprint density at radius 1 is 1.13 bits per heavy atom. The van der Waals surface area contributed by atoms with Crippen molar-refractivity contribution in [2.45, 2.75) is 6.42 Å². The van der Waals surface area contributed by atoms with Crippen molar-refractivity contribution in [3.8, 4) is 34.5 Å². The molecule has 0 fully saturated rings. The number of fused-ring (bicyclic) bond motifs is 2. The fourth-order valence-electron chi connectivity index (χ4n) is 3.90. The van der Waals surface area contributed by atoms with E-state index in [1.54, 1.807) is 43.7 Å². The average molecular weight is 395 g/mol. The first-order valence-electron chi connectivity index (χ1n) is 9.41. The van der Waals surface area contributed by atoms with Gasteiger partial charge in [0.1, 0.15) is 5.52 Å². The number of nitriles is 1. The van der Waals surface area contributed by atoms with Crippen LogP contribution in [-0.4, -0.2) is 34.4 Å². The van der Waals surface area contributed by atoms with Gasteiger partial charge in [-0.2, -0.15) is 5.26 Å². The van der Waals surface area contributed by atoms with Crippen LogP contribution < -0.4 is 9.64 Å². The predicted octanol–water partition coefficient (Wildman–Crippen LogP) is 3.46. The molecular formula is C23H17N5O2. The van der Waals surface area contributed by atoms with Gasteiger partial charge in [-0.3, -0.25) is 9.20 Å². The van der Waals surface area contributed by atoms with E-state index in [9.17, 15) is 4.79 Å². The summed E-state index contributed by atoms with van der Waals surface area (Å²) in [6, 6.07) is 15.4. The fourth-order valence-corrected chi connectivity index (χ4v) is 3.90. The molecular weight excluding hydrogens is 378 g/mol. The third-order valence-corrected chi connectivity index (χ3v) is 5.45. The molecule has 2 aromatic carbocycles. The van der Waals surface area contributed by atoms with Crippen molar-refractivity contribution in [3.05, 3.63) is 66.1 Å². The normalized spacial score (nSPS) is 12.8. The zero-order valence-electron chi connectivity index (χ0n) is 16.5. The molecule has 0 radical (unpaired) electrons. The van der Waals surface area contributed by atoms with Crippen LogP contribution in [0.3, 0.4) is 0 Å². The second-order valence-electron chi connectivity index (χ2n) is 7.13. The summed E-state index contributed by atoms with van der Waals surface area (Å²) in [5.41, 5.74) is 6.56. The number of amides is 1. The molecule has 0 spiro atoms. The molecule has 7 nitrogen and oxygen atoms in total.